The number of benzene rings is 2. The highest BCUT2D eigenvalue weighted by molar-refractivity contribution is 7.16. The smallest absolute Gasteiger partial charge is 0.163 e. The summed E-state index contributed by atoms with van der Waals surface area (Å²) in [7, 11) is 3.90. The molecule has 0 unspecified atom stereocenters. The predicted octanol–water partition coefficient (Wildman–Crippen LogP) is 9.21. The Morgan fingerprint density at radius 2 is 1.22 bits per heavy atom. The standard InChI is InChI=1S/C49H43ClN12S2/c1-8-38-47-58-56-41(62(47)49-43(45(54-38)34-16-18-35(50)19-17-34)29(3)40(64-49)23-21-37-25-52-27-60(37)7)11-9-10-32-12-14-33(15-13-32)44-42-28(2)39(22-20-36-24-51-26-59(36)6)63-48(42)61-31(5)55-57-46(61)30(4)53-44/h12-19,24-27,30,38H,8-11H2,1-7H3/t30-,38-/m0/s1. The molecule has 2 aliphatic rings. The molecule has 2 atom stereocenters. The van der Waals surface area contributed by atoms with Crippen LogP contribution in [-0.4, -0.2) is 60.1 Å². The summed E-state index contributed by atoms with van der Waals surface area (Å²) in [5, 5.41) is 21.4. The number of fused-ring (bicyclic) bond motifs is 6. The first kappa shape index (κ1) is 41.3. The van der Waals surface area contributed by atoms with E-state index in [2.05, 4.69) is 105 Å². The van der Waals surface area contributed by atoms with E-state index in [4.69, 9.17) is 31.8 Å². The Kier molecular flexibility index (Phi) is 10.8. The first-order valence-electron chi connectivity index (χ1n) is 21.2. The van der Waals surface area contributed by atoms with E-state index in [9.17, 15) is 0 Å². The largest absolute Gasteiger partial charge is 0.327 e. The molecular weight excluding hydrogens is 856 g/mol. The van der Waals surface area contributed by atoms with Gasteiger partial charge in [-0.2, -0.15) is 0 Å². The summed E-state index contributed by atoms with van der Waals surface area (Å²) < 4.78 is 8.26. The van der Waals surface area contributed by atoms with Crippen molar-refractivity contribution in [1.29, 1.82) is 0 Å². The molecule has 0 saturated carbocycles. The molecule has 2 aromatic carbocycles. The van der Waals surface area contributed by atoms with Crippen molar-refractivity contribution >= 4 is 45.7 Å². The molecule has 64 heavy (non-hydrogen) atoms. The van der Waals surface area contributed by atoms with Crippen molar-refractivity contribution in [3.8, 4) is 33.7 Å². The van der Waals surface area contributed by atoms with Gasteiger partial charge in [-0.3, -0.25) is 19.1 Å². The van der Waals surface area contributed by atoms with Crippen LogP contribution in [0, 0.1) is 44.5 Å². The lowest BCUT2D eigenvalue weighted by Gasteiger charge is -2.11. The van der Waals surface area contributed by atoms with Gasteiger partial charge in [0.25, 0.3) is 0 Å². The van der Waals surface area contributed by atoms with Gasteiger partial charge in [0.1, 0.15) is 45.1 Å². The van der Waals surface area contributed by atoms with Gasteiger partial charge in [0, 0.05) is 47.8 Å². The summed E-state index contributed by atoms with van der Waals surface area (Å²) in [4.78, 5) is 21.1. The third kappa shape index (κ3) is 7.31. The number of aromatic nitrogens is 10. The molecule has 318 valence electrons. The normalized spacial score (nSPS) is 15.1. The molecule has 2 aliphatic heterocycles. The maximum absolute atomic E-state index is 6.37. The average molecular weight is 900 g/mol. The van der Waals surface area contributed by atoms with Crippen molar-refractivity contribution in [3.63, 3.8) is 0 Å². The Bertz CT molecular complexity index is 3290. The third-order valence-corrected chi connectivity index (χ3v) is 14.5. The van der Waals surface area contributed by atoms with Crippen LogP contribution in [0.4, 0.5) is 0 Å². The Hall–Kier alpha value is -6.71. The molecular formula is C49H43ClN12S2. The number of thiophene rings is 2. The number of aryl methyl sites for hydroxylation is 5. The lowest BCUT2D eigenvalue weighted by atomic mass is 9.97. The van der Waals surface area contributed by atoms with Crippen LogP contribution in [0.2, 0.25) is 5.02 Å². The van der Waals surface area contributed by atoms with Gasteiger partial charge in [-0.15, -0.1) is 43.1 Å². The highest BCUT2D eigenvalue weighted by Gasteiger charge is 2.33. The Labute approximate surface area is 384 Å². The number of hydrogen-bond donors (Lipinski definition) is 0. The van der Waals surface area contributed by atoms with Gasteiger partial charge >= 0.3 is 0 Å². The molecule has 12 nitrogen and oxygen atoms in total. The van der Waals surface area contributed by atoms with E-state index in [1.54, 1.807) is 47.7 Å². The second-order valence-electron chi connectivity index (χ2n) is 16.1. The quantitative estimate of drug-likeness (QED) is 0.147. The van der Waals surface area contributed by atoms with E-state index >= 15 is 0 Å². The number of rotatable bonds is 7. The van der Waals surface area contributed by atoms with E-state index in [-0.39, 0.29) is 12.1 Å². The minimum atomic E-state index is -0.186. The van der Waals surface area contributed by atoms with Crippen molar-refractivity contribution < 1.29 is 0 Å². The summed E-state index contributed by atoms with van der Waals surface area (Å²) in [5.74, 6) is 17.0. The SMILES string of the molecule is CC[C@@H]1N=C(c2ccc(Cl)cc2)c2c(sc(C#Cc3cncn3C)c2C)-n2c(CCCc3ccc(C4=N[C@@H](C)c5nnc(C)n5-c5sc(C#Cc6cncn6C)c(C)c54)cc3)nnc21. The molecule has 0 fully saturated rings. The molecule has 0 amide bonds. The number of hydrogen-bond acceptors (Lipinski definition) is 10. The molecule has 10 rings (SSSR count). The van der Waals surface area contributed by atoms with Crippen LogP contribution in [0.15, 0.2) is 83.6 Å². The van der Waals surface area contributed by atoms with Crippen molar-refractivity contribution in [2.45, 2.75) is 72.4 Å². The fraction of sp³-hybridized carbons (Fsp3) is 0.265. The fourth-order valence-electron chi connectivity index (χ4n) is 8.33. The lowest BCUT2D eigenvalue weighted by molar-refractivity contribution is 0.637. The minimum absolute atomic E-state index is 0.173. The van der Waals surface area contributed by atoms with E-state index in [1.165, 1.54) is 5.56 Å². The highest BCUT2D eigenvalue weighted by Crippen LogP contribution is 2.41. The first-order valence-corrected chi connectivity index (χ1v) is 23.2. The van der Waals surface area contributed by atoms with E-state index in [0.29, 0.717) is 5.02 Å². The lowest BCUT2D eigenvalue weighted by Crippen LogP contribution is -2.08. The van der Waals surface area contributed by atoms with Crippen LogP contribution in [0.3, 0.4) is 0 Å². The second kappa shape index (κ2) is 16.8. The topological polar surface area (TPSA) is 122 Å². The maximum Gasteiger partial charge on any atom is 0.163 e. The van der Waals surface area contributed by atoms with Crippen molar-refractivity contribution in [3.05, 3.63) is 162 Å². The zero-order valence-electron chi connectivity index (χ0n) is 36.5. The second-order valence-corrected chi connectivity index (χ2v) is 18.6. The van der Waals surface area contributed by atoms with Gasteiger partial charge in [0.2, 0.25) is 0 Å². The number of aliphatic imine (C=N–C) groups is 2. The monoisotopic (exact) mass is 898 g/mol. The molecule has 8 heterocycles. The van der Waals surface area contributed by atoms with Crippen molar-refractivity contribution in [1.82, 2.24) is 48.6 Å². The summed E-state index contributed by atoms with van der Waals surface area (Å²) in [6.07, 6.45) is 10.4. The fourth-order valence-corrected chi connectivity index (χ4v) is 10.9. The van der Waals surface area contributed by atoms with Crippen LogP contribution in [0.5, 0.6) is 0 Å². The Balaban J connectivity index is 0.950. The molecule has 0 saturated heterocycles. The predicted molar refractivity (Wildman–Crippen MR) is 254 cm³/mol. The number of imidazole rings is 2. The maximum atomic E-state index is 6.37. The Morgan fingerprint density at radius 3 is 1.80 bits per heavy atom. The summed E-state index contributed by atoms with van der Waals surface area (Å²) in [6, 6.07) is 16.4. The zero-order chi connectivity index (χ0) is 44.2. The summed E-state index contributed by atoms with van der Waals surface area (Å²) in [6.45, 7) is 10.5. The van der Waals surface area contributed by atoms with E-state index < -0.39 is 0 Å². The zero-order valence-corrected chi connectivity index (χ0v) is 38.9. The van der Waals surface area contributed by atoms with Gasteiger partial charge in [-0.05, 0) is 99.5 Å². The van der Waals surface area contributed by atoms with Gasteiger partial charge in [0.15, 0.2) is 11.6 Å². The van der Waals surface area contributed by atoms with Crippen molar-refractivity contribution in [2.75, 3.05) is 0 Å². The number of halogens is 1. The first-order chi connectivity index (χ1) is 31.1. The van der Waals surface area contributed by atoms with Gasteiger partial charge in [-0.25, -0.2) is 9.97 Å². The van der Waals surface area contributed by atoms with Gasteiger partial charge in [-0.1, -0.05) is 54.9 Å². The number of nitrogens with zero attached hydrogens (tertiary/aromatic N) is 12. The van der Waals surface area contributed by atoms with Crippen LogP contribution in [-0.2, 0) is 26.9 Å². The van der Waals surface area contributed by atoms with Crippen LogP contribution >= 0.6 is 34.3 Å². The van der Waals surface area contributed by atoms with Crippen LogP contribution in [0.25, 0.3) is 10.0 Å². The minimum Gasteiger partial charge on any atom is -0.327 e. The van der Waals surface area contributed by atoms with Gasteiger partial charge in [0.05, 0.1) is 46.2 Å². The van der Waals surface area contributed by atoms with Crippen molar-refractivity contribution in [2.24, 2.45) is 24.1 Å². The Morgan fingerprint density at radius 1 is 0.656 bits per heavy atom. The van der Waals surface area contributed by atoms with Gasteiger partial charge < -0.3 is 9.13 Å². The molecule has 0 N–H and O–H groups in total. The van der Waals surface area contributed by atoms with Crippen LogP contribution < -0.4 is 0 Å². The molecule has 15 heteroatoms. The molecule has 0 bridgehead atoms. The summed E-state index contributed by atoms with van der Waals surface area (Å²) in [5.41, 5.74) is 11.1. The van der Waals surface area contributed by atoms with Crippen LogP contribution in [0.1, 0.15) is 122 Å². The molecule has 0 aliphatic carbocycles. The molecule has 0 radical (unpaired) electrons. The van der Waals surface area contributed by atoms with E-state index in [1.807, 2.05) is 54.4 Å². The molecule has 0 spiro atoms. The highest BCUT2D eigenvalue weighted by atomic mass is 35.5. The third-order valence-electron chi connectivity index (χ3n) is 11.9. The summed E-state index contributed by atoms with van der Waals surface area (Å²) >= 11 is 9.69. The molecule has 8 aromatic rings. The molecule has 6 aromatic heterocycles. The van der Waals surface area contributed by atoms with E-state index in [0.717, 1.165) is 125 Å². The average Bonchev–Trinajstić information content (AvgIpc) is 4.15.